The molecule has 0 aliphatic heterocycles. The van der Waals surface area contributed by atoms with Gasteiger partial charge in [-0.25, -0.2) is 4.79 Å². The summed E-state index contributed by atoms with van der Waals surface area (Å²) in [4.78, 5) is 35.7. The maximum atomic E-state index is 13.3. The average molecular weight is 410 g/mol. The molecule has 0 fully saturated rings. The van der Waals surface area contributed by atoms with Crippen molar-refractivity contribution in [3.8, 4) is 5.75 Å². The molecule has 0 N–H and O–H groups in total. The van der Waals surface area contributed by atoms with E-state index in [1.807, 2.05) is 18.2 Å². The van der Waals surface area contributed by atoms with Crippen molar-refractivity contribution in [3.05, 3.63) is 64.9 Å². The molecule has 0 radical (unpaired) electrons. The number of ketones is 1. The molecule has 0 spiro atoms. The average Bonchev–Trinajstić information content (AvgIpc) is 3.09. The van der Waals surface area contributed by atoms with E-state index in [9.17, 15) is 14.4 Å². The van der Waals surface area contributed by atoms with Gasteiger partial charge in [0.1, 0.15) is 17.1 Å². The second kappa shape index (κ2) is 9.26. The second-order valence-corrected chi connectivity index (χ2v) is 6.66. The Morgan fingerprint density at radius 1 is 1.07 bits per heavy atom. The lowest BCUT2D eigenvalue weighted by atomic mass is 9.98. The third-order valence-corrected chi connectivity index (χ3v) is 4.54. The zero-order valence-electron chi connectivity index (χ0n) is 17.0. The van der Waals surface area contributed by atoms with Gasteiger partial charge in [-0.1, -0.05) is 18.2 Å². The van der Waals surface area contributed by atoms with Gasteiger partial charge in [0.05, 0.1) is 19.3 Å². The number of ether oxygens (including phenoxy) is 3. The Morgan fingerprint density at radius 3 is 2.53 bits per heavy atom. The van der Waals surface area contributed by atoms with E-state index >= 15 is 0 Å². The largest absolute Gasteiger partial charge is 0.482 e. The molecule has 0 aliphatic carbocycles. The molecule has 1 heterocycles. The van der Waals surface area contributed by atoms with Crippen LogP contribution < -0.4 is 4.74 Å². The molecule has 0 bridgehead atoms. The van der Waals surface area contributed by atoms with Crippen LogP contribution in [0.3, 0.4) is 0 Å². The van der Waals surface area contributed by atoms with E-state index in [-0.39, 0.29) is 25.4 Å². The molecule has 3 rings (SSSR count). The van der Waals surface area contributed by atoms with Gasteiger partial charge in [0.25, 0.3) is 0 Å². The minimum absolute atomic E-state index is 0.120. The predicted molar refractivity (Wildman–Crippen MR) is 109 cm³/mol. The van der Waals surface area contributed by atoms with Crippen LogP contribution in [-0.2, 0) is 25.5 Å². The summed E-state index contributed by atoms with van der Waals surface area (Å²) in [6.45, 7) is 3.03. The number of hydrogen-bond acceptors (Lipinski definition) is 7. The maximum absolute atomic E-state index is 13.3. The quantitative estimate of drug-likeness (QED) is 0.414. The van der Waals surface area contributed by atoms with Gasteiger partial charge in [0, 0.05) is 24.3 Å². The normalized spacial score (nSPS) is 10.6. The molecule has 0 saturated carbocycles. The van der Waals surface area contributed by atoms with Crippen molar-refractivity contribution in [1.82, 2.24) is 0 Å². The van der Waals surface area contributed by atoms with E-state index in [4.69, 9.17) is 13.9 Å². The minimum atomic E-state index is -0.489. The molecule has 0 atom stereocenters. The number of rotatable bonds is 8. The van der Waals surface area contributed by atoms with Crippen LogP contribution in [0.15, 0.2) is 46.9 Å². The molecule has 30 heavy (non-hydrogen) atoms. The van der Waals surface area contributed by atoms with Crippen LogP contribution in [0.2, 0.25) is 0 Å². The number of carbonyl (C=O) groups is 3. The van der Waals surface area contributed by atoms with Crippen molar-refractivity contribution in [2.24, 2.45) is 0 Å². The Hall–Kier alpha value is -3.61. The van der Waals surface area contributed by atoms with Crippen LogP contribution in [0.4, 0.5) is 0 Å². The number of carbonyl (C=O) groups excluding carboxylic acids is 3. The van der Waals surface area contributed by atoms with Crippen molar-refractivity contribution < 1.29 is 33.0 Å². The number of fused-ring (bicyclic) bond motifs is 1. The van der Waals surface area contributed by atoms with Gasteiger partial charge < -0.3 is 18.6 Å². The summed E-state index contributed by atoms with van der Waals surface area (Å²) in [6.07, 6.45) is 0.286. The number of hydrogen-bond donors (Lipinski definition) is 0. The smallest absolute Gasteiger partial charge is 0.343 e. The van der Waals surface area contributed by atoms with E-state index in [1.165, 1.54) is 14.0 Å². The number of esters is 2. The summed E-state index contributed by atoms with van der Waals surface area (Å²) in [6, 6.07) is 12.3. The fourth-order valence-corrected chi connectivity index (χ4v) is 3.10. The summed E-state index contributed by atoms with van der Waals surface area (Å²) >= 11 is 0. The van der Waals surface area contributed by atoms with Gasteiger partial charge in [-0.15, -0.1) is 0 Å². The Balaban J connectivity index is 1.91. The van der Waals surface area contributed by atoms with Crippen LogP contribution in [0, 0.1) is 6.92 Å². The summed E-state index contributed by atoms with van der Waals surface area (Å²) in [5, 5.41) is 0.698. The van der Waals surface area contributed by atoms with Crippen LogP contribution in [0.25, 0.3) is 11.0 Å². The lowest BCUT2D eigenvalue weighted by Gasteiger charge is -2.10. The van der Waals surface area contributed by atoms with Gasteiger partial charge in [-0.05, 0) is 36.8 Å². The van der Waals surface area contributed by atoms with E-state index in [0.717, 1.165) is 0 Å². The number of aryl methyl sites for hydroxylation is 1. The summed E-state index contributed by atoms with van der Waals surface area (Å²) < 4.78 is 20.9. The molecule has 0 aliphatic rings. The first kappa shape index (κ1) is 21.1. The summed E-state index contributed by atoms with van der Waals surface area (Å²) in [5.74, 6) is -0.135. The molecule has 156 valence electrons. The van der Waals surface area contributed by atoms with E-state index in [1.54, 1.807) is 31.2 Å². The number of benzene rings is 2. The molecule has 1 aromatic heterocycles. The van der Waals surface area contributed by atoms with Crippen molar-refractivity contribution in [3.63, 3.8) is 0 Å². The third kappa shape index (κ3) is 4.68. The highest BCUT2D eigenvalue weighted by atomic mass is 16.6. The molecule has 0 saturated heterocycles. The highest BCUT2D eigenvalue weighted by molar-refractivity contribution is 6.17. The van der Waals surface area contributed by atoms with Crippen LogP contribution >= 0.6 is 0 Å². The standard InChI is InChI=1S/C23H22O7/c1-14-12-16(8-9-18(14)29-13-21(25)27-3)23(26)22-17-6-4-5-7-19(17)30-20(22)10-11-28-15(2)24/h4-9,12H,10-11,13H2,1-3H3. The van der Waals surface area contributed by atoms with Crippen LogP contribution in [-0.4, -0.2) is 38.0 Å². The third-order valence-electron chi connectivity index (χ3n) is 4.54. The highest BCUT2D eigenvalue weighted by Crippen LogP contribution is 2.30. The maximum Gasteiger partial charge on any atom is 0.343 e. The zero-order chi connectivity index (χ0) is 21.7. The van der Waals surface area contributed by atoms with Crippen molar-refractivity contribution in [1.29, 1.82) is 0 Å². The number of para-hydroxylation sites is 1. The Kier molecular flexibility index (Phi) is 6.51. The summed E-state index contributed by atoms with van der Waals surface area (Å²) in [5.41, 5.74) is 2.20. The van der Waals surface area contributed by atoms with Crippen LogP contribution in [0.5, 0.6) is 5.75 Å². The van der Waals surface area contributed by atoms with Gasteiger partial charge in [0.2, 0.25) is 0 Å². The van der Waals surface area contributed by atoms with Crippen LogP contribution in [0.1, 0.15) is 34.2 Å². The molecule has 0 unspecified atom stereocenters. The number of furan rings is 1. The van der Waals surface area contributed by atoms with Gasteiger partial charge >= 0.3 is 11.9 Å². The fourth-order valence-electron chi connectivity index (χ4n) is 3.10. The SMILES string of the molecule is COC(=O)COc1ccc(C(=O)c2c(CCOC(C)=O)oc3ccccc23)cc1C. The monoisotopic (exact) mass is 410 g/mol. The fraction of sp³-hybridized carbons (Fsp3) is 0.261. The summed E-state index contributed by atoms with van der Waals surface area (Å²) in [7, 11) is 1.29. The second-order valence-electron chi connectivity index (χ2n) is 6.66. The van der Waals surface area contributed by atoms with E-state index in [2.05, 4.69) is 4.74 Å². The topological polar surface area (TPSA) is 92.0 Å². The Morgan fingerprint density at radius 2 is 1.83 bits per heavy atom. The first-order chi connectivity index (χ1) is 14.4. The molecule has 2 aromatic carbocycles. The Bertz CT molecular complexity index is 1090. The lowest BCUT2D eigenvalue weighted by Crippen LogP contribution is -2.13. The first-order valence-electron chi connectivity index (χ1n) is 9.39. The van der Waals surface area contributed by atoms with Gasteiger partial charge in [-0.3, -0.25) is 9.59 Å². The molecule has 7 nitrogen and oxygen atoms in total. The lowest BCUT2D eigenvalue weighted by molar-refractivity contribution is -0.143. The molecule has 3 aromatic rings. The molecular weight excluding hydrogens is 388 g/mol. The number of methoxy groups -OCH3 is 1. The van der Waals surface area contributed by atoms with Crippen molar-refractivity contribution >= 4 is 28.7 Å². The predicted octanol–water partition coefficient (Wildman–Crippen LogP) is 3.63. The Labute approximate surface area is 173 Å². The van der Waals surface area contributed by atoms with Crippen molar-refractivity contribution in [2.75, 3.05) is 20.3 Å². The molecule has 7 heteroatoms. The molecule has 0 amide bonds. The zero-order valence-corrected chi connectivity index (χ0v) is 17.0. The minimum Gasteiger partial charge on any atom is -0.482 e. The first-order valence-corrected chi connectivity index (χ1v) is 9.39. The van der Waals surface area contributed by atoms with Crippen molar-refractivity contribution in [2.45, 2.75) is 20.3 Å². The molecular formula is C23H22O7. The van der Waals surface area contributed by atoms with E-state index < -0.39 is 11.9 Å². The van der Waals surface area contributed by atoms with E-state index in [0.29, 0.717) is 39.2 Å². The highest BCUT2D eigenvalue weighted by Gasteiger charge is 2.22. The van der Waals surface area contributed by atoms with Gasteiger partial charge in [0.15, 0.2) is 12.4 Å². The van der Waals surface area contributed by atoms with Gasteiger partial charge in [-0.2, -0.15) is 0 Å².